The molecule has 0 radical (unpaired) electrons. The van der Waals surface area contributed by atoms with Crippen molar-refractivity contribution in [3.8, 4) is 0 Å². The number of hydrogen-bond acceptors (Lipinski definition) is 3. The number of fused-ring (bicyclic) bond motifs is 2. The molecular formula is C24H27N3OS. The highest BCUT2D eigenvalue weighted by molar-refractivity contribution is 7.97. The minimum atomic E-state index is 0.221. The third kappa shape index (κ3) is 3.57. The molecule has 0 bridgehead atoms. The van der Waals surface area contributed by atoms with Crippen molar-refractivity contribution in [1.29, 1.82) is 0 Å². The van der Waals surface area contributed by atoms with Gasteiger partial charge in [-0.3, -0.25) is 4.79 Å². The van der Waals surface area contributed by atoms with E-state index in [0.29, 0.717) is 12.6 Å². The second kappa shape index (κ2) is 7.86. The van der Waals surface area contributed by atoms with Gasteiger partial charge in [0.25, 0.3) is 0 Å². The molecular weight excluding hydrogens is 378 g/mol. The summed E-state index contributed by atoms with van der Waals surface area (Å²) in [6.45, 7) is 0.381. The van der Waals surface area contributed by atoms with E-state index in [1.807, 2.05) is 18.2 Å². The summed E-state index contributed by atoms with van der Waals surface area (Å²) in [4.78, 5) is 20.7. The first-order chi connectivity index (χ1) is 14.3. The molecule has 1 atom stereocenters. The van der Waals surface area contributed by atoms with Crippen LogP contribution in [0.1, 0.15) is 48.7 Å². The van der Waals surface area contributed by atoms with Crippen LogP contribution in [-0.4, -0.2) is 32.7 Å². The lowest BCUT2D eigenvalue weighted by molar-refractivity contribution is -0.135. The Morgan fingerprint density at radius 3 is 2.76 bits per heavy atom. The number of benzene rings is 2. The number of thioether (sulfide) groups is 1. The van der Waals surface area contributed by atoms with Crippen molar-refractivity contribution in [3.63, 3.8) is 0 Å². The predicted octanol–water partition coefficient (Wildman–Crippen LogP) is 4.97. The summed E-state index contributed by atoms with van der Waals surface area (Å²) in [5.74, 6) is 2.05. The molecule has 0 spiro atoms. The average molecular weight is 406 g/mol. The molecule has 5 rings (SSSR count). The van der Waals surface area contributed by atoms with E-state index in [1.165, 1.54) is 11.1 Å². The molecule has 1 heterocycles. The highest BCUT2D eigenvalue weighted by Gasteiger charge is 2.39. The van der Waals surface area contributed by atoms with Gasteiger partial charge in [0, 0.05) is 6.04 Å². The molecule has 3 aromatic rings. The van der Waals surface area contributed by atoms with E-state index in [4.69, 9.17) is 4.98 Å². The maximum absolute atomic E-state index is 13.7. The standard InChI is InChI=1S/C24H27N3OS/c1-29-16-23-25-20-10-4-5-11-22(20)26(23)15-24(28)27(18-13-14-18)21-12-6-8-17-7-2-3-9-19(17)21/h2-5,7,9-11,18,21H,6,8,12-16H2,1H3/t21-/m1/s1. The van der Waals surface area contributed by atoms with E-state index in [1.54, 1.807) is 11.8 Å². The molecule has 1 amide bonds. The van der Waals surface area contributed by atoms with E-state index in [-0.39, 0.29) is 11.9 Å². The fraction of sp³-hybridized carbons (Fsp3) is 0.417. The average Bonchev–Trinajstić information content (AvgIpc) is 3.52. The molecule has 2 aliphatic carbocycles. The lowest BCUT2D eigenvalue weighted by Crippen LogP contribution is -2.40. The zero-order valence-electron chi connectivity index (χ0n) is 16.9. The summed E-state index contributed by atoms with van der Waals surface area (Å²) in [5, 5.41) is 0. The molecule has 2 aliphatic rings. The fourth-order valence-electron chi connectivity index (χ4n) is 4.76. The molecule has 1 saturated carbocycles. The van der Waals surface area contributed by atoms with E-state index < -0.39 is 0 Å². The van der Waals surface area contributed by atoms with E-state index in [2.05, 4.69) is 46.1 Å². The Kier molecular flexibility index (Phi) is 5.08. The molecule has 0 saturated heterocycles. The maximum Gasteiger partial charge on any atom is 0.243 e. The van der Waals surface area contributed by atoms with Gasteiger partial charge in [-0.05, 0) is 61.6 Å². The molecule has 1 fully saturated rings. The summed E-state index contributed by atoms with van der Waals surface area (Å²) < 4.78 is 2.14. The molecule has 29 heavy (non-hydrogen) atoms. The Morgan fingerprint density at radius 2 is 1.93 bits per heavy atom. The highest BCUT2D eigenvalue weighted by atomic mass is 32.2. The van der Waals surface area contributed by atoms with Gasteiger partial charge in [0.05, 0.1) is 22.8 Å². The van der Waals surface area contributed by atoms with Gasteiger partial charge in [0.2, 0.25) is 5.91 Å². The topological polar surface area (TPSA) is 38.1 Å². The van der Waals surface area contributed by atoms with Gasteiger partial charge >= 0.3 is 0 Å². The number of aryl methyl sites for hydroxylation is 1. The second-order valence-corrected chi connectivity index (χ2v) is 9.04. The van der Waals surface area contributed by atoms with Crippen LogP contribution in [0.5, 0.6) is 0 Å². The third-order valence-electron chi connectivity index (χ3n) is 6.20. The first-order valence-corrected chi connectivity index (χ1v) is 12.0. The summed E-state index contributed by atoms with van der Waals surface area (Å²) in [6.07, 6.45) is 7.70. The quantitative estimate of drug-likeness (QED) is 0.581. The van der Waals surface area contributed by atoms with Gasteiger partial charge in [-0.2, -0.15) is 11.8 Å². The number of carbonyl (C=O) groups excluding carboxylic acids is 1. The Labute approximate surface area is 176 Å². The number of imidazole rings is 1. The smallest absolute Gasteiger partial charge is 0.243 e. The molecule has 0 unspecified atom stereocenters. The molecule has 2 aromatic carbocycles. The van der Waals surface area contributed by atoms with Crippen LogP contribution in [0.25, 0.3) is 11.0 Å². The molecule has 4 nitrogen and oxygen atoms in total. The van der Waals surface area contributed by atoms with Gasteiger partial charge in [-0.1, -0.05) is 36.4 Å². The minimum absolute atomic E-state index is 0.221. The summed E-state index contributed by atoms with van der Waals surface area (Å²) in [6, 6.07) is 17.5. The third-order valence-corrected chi connectivity index (χ3v) is 6.75. The molecule has 150 valence electrons. The number of aromatic nitrogens is 2. The zero-order chi connectivity index (χ0) is 19.8. The molecule has 1 aromatic heterocycles. The Morgan fingerprint density at radius 1 is 1.14 bits per heavy atom. The minimum Gasteiger partial charge on any atom is -0.331 e. The normalized spacial score (nSPS) is 18.6. The number of hydrogen-bond donors (Lipinski definition) is 0. The van der Waals surface area contributed by atoms with Crippen LogP contribution < -0.4 is 0 Å². The summed E-state index contributed by atoms with van der Waals surface area (Å²) >= 11 is 1.75. The van der Waals surface area contributed by atoms with Crippen molar-refractivity contribution in [1.82, 2.24) is 14.5 Å². The van der Waals surface area contributed by atoms with Crippen molar-refractivity contribution in [2.45, 2.75) is 56.5 Å². The van der Waals surface area contributed by atoms with Crippen LogP contribution in [0.15, 0.2) is 48.5 Å². The second-order valence-electron chi connectivity index (χ2n) is 8.17. The van der Waals surface area contributed by atoms with E-state index in [0.717, 1.165) is 54.7 Å². The lowest BCUT2D eigenvalue weighted by atomic mass is 9.86. The Hall–Kier alpha value is -2.27. The highest BCUT2D eigenvalue weighted by Crippen LogP contribution is 2.41. The van der Waals surface area contributed by atoms with Gasteiger partial charge in [-0.15, -0.1) is 0 Å². The van der Waals surface area contributed by atoms with Gasteiger partial charge < -0.3 is 9.47 Å². The van der Waals surface area contributed by atoms with Gasteiger partial charge in [0.15, 0.2) is 0 Å². The maximum atomic E-state index is 13.7. The van der Waals surface area contributed by atoms with Crippen LogP contribution >= 0.6 is 11.8 Å². The first-order valence-electron chi connectivity index (χ1n) is 10.6. The van der Waals surface area contributed by atoms with Crippen LogP contribution in [-0.2, 0) is 23.5 Å². The van der Waals surface area contributed by atoms with E-state index in [9.17, 15) is 4.79 Å². The Balaban J connectivity index is 1.48. The van der Waals surface area contributed by atoms with Crippen molar-refractivity contribution in [2.24, 2.45) is 0 Å². The molecule has 5 heteroatoms. The number of rotatable bonds is 6. The first kappa shape index (κ1) is 18.7. The number of amides is 1. The number of para-hydroxylation sites is 2. The molecule has 0 aliphatic heterocycles. The largest absolute Gasteiger partial charge is 0.331 e. The van der Waals surface area contributed by atoms with Crippen molar-refractivity contribution in [2.75, 3.05) is 6.26 Å². The van der Waals surface area contributed by atoms with Crippen molar-refractivity contribution >= 4 is 28.7 Å². The Bertz CT molecular complexity index is 1040. The van der Waals surface area contributed by atoms with Crippen LogP contribution in [0.4, 0.5) is 0 Å². The summed E-state index contributed by atoms with van der Waals surface area (Å²) in [5.41, 5.74) is 4.81. The zero-order valence-corrected chi connectivity index (χ0v) is 17.7. The monoisotopic (exact) mass is 405 g/mol. The van der Waals surface area contributed by atoms with Crippen molar-refractivity contribution < 1.29 is 4.79 Å². The van der Waals surface area contributed by atoms with E-state index >= 15 is 0 Å². The van der Waals surface area contributed by atoms with Crippen LogP contribution in [0.2, 0.25) is 0 Å². The van der Waals surface area contributed by atoms with Crippen LogP contribution in [0, 0.1) is 0 Å². The number of carbonyl (C=O) groups is 1. The lowest BCUT2D eigenvalue weighted by Gasteiger charge is -2.36. The van der Waals surface area contributed by atoms with Gasteiger partial charge in [-0.25, -0.2) is 4.98 Å². The van der Waals surface area contributed by atoms with Gasteiger partial charge in [0.1, 0.15) is 12.4 Å². The SMILES string of the molecule is CSCc1nc2ccccc2n1CC(=O)N(C1CC1)[C@@H]1CCCc2ccccc21. The predicted molar refractivity (Wildman–Crippen MR) is 119 cm³/mol. The van der Waals surface area contributed by atoms with Crippen LogP contribution in [0.3, 0.4) is 0 Å². The van der Waals surface area contributed by atoms with Crippen molar-refractivity contribution in [3.05, 3.63) is 65.5 Å². The molecule has 0 N–H and O–H groups in total. The fourth-order valence-corrected chi connectivity index (χ4v) is 5.24. The number of nitrogens with zero attached hydrogens (tertiary/aromatic N) is 3. The summed E-state index contributed by atoms with van der Waals surface area (Å²) in [7, 11) is 0.